The summed E-state index contributed by atoms with van der Waals surface area (Å²) in [5.74, 6) is 0.344. The highest BCUT2D eigenvalue weighted by molar-refractivity contribution is 7.99. The van der Waals surface area contributed by atoms with E-state index < -0.39 is 0 Å². The number of hydrogen-bond acceptors (Lipinski definition) is 2. The monoisotopic (exact) mass is 291 g/mol. The highest BCUT2D eigenvalue weighted by Gasteiger charge is 2.37. The molecule has 3 heteroatoms. The summed E-state index contributed by atoms with van der Waals surface area (Å²) in [5, 5.41) is 0.713. The van der Waals surface area contributed by atoms with E-state index in [4.69, 9.17) is 0 Å². The molecule has 0 spiro atoms. The largest absolute Gasteiger partial charge is 0.344 e. The maximum atomic E-state index is 12.4. The molecule has 1 heterocycles. The molecule has 110 valence electrons. The third kappa shape index (κ3) is 2.24. The van der Waals surface area contributed by atoms with Gasteiger partial charge in [-0.15, -0.1) is 0 Å². The van der Waals surface area contributed by atoms with Crippen molar-refractivity contribution in [2.24, 2.45) is 5.41 Å². The highest BCUT2D eigenvalue weighted by Crippen LogP contribution is 2.43. The van der Waals surface area contributed by atoms with E-state index >= 15 is 0 Å². The molecule has 3 rings (SSSR count). The van der Waals surface area contributed by atoms with Crippen LogP contribution in [0.2, 0.25) is 0 Å². The molecule has 2 atom stereocenters. The molecule has 0 bridgehead atoms. The van der Waals surface area contributed by atoms with Gasteiger partial charge in [0, 0.05) is 34.7 Å². The second kappa shape index (κ2) is 4.94. The van der Waals surface area contributed by atoms with Gasteiger partial charge in [0.1, 0.15) is 0 Å². The molecule has 1 saturated carbocycles. The lowest BCUT2D eigenvalue weighted by molar-refractivity contribution is 0.0909. The number of fused-ring (bicyclic) bond motifs is 1. The maximum absolute atomic E-state index is 12.4. The Kier molecular flexibility index (Phi) is 3.52. The molecular formula is C17H25NOS. The van der Waals surface area contributed by atoms with Crippen LogP contribution in [0.3, 0.4) is 0 Å². The SMILES string of the molecule is CSC1CCCC1n1c(C)cc2c1CC(C)(C)CC2=O. The number of carbonyl (C=O) groups is 1. The Morgan fingerprint density at radius 3 is 2.75 bits per heavy atom. The van der Waals surface area contributed by atoms with Crippen LogP contribution >= 0.6 is 11.8 Å². The second-order valence-electron chi connectivity index (χ2n) is 7.23. The van der Waals surface area contributed by atoms with Crippen LogP contribution in [-0.2, 0) is 6.42 Å². The lowest BCUT2D eigenvalue weighted by Crippen LogP contribution is -2.30. The maximum Gasteiger partial charge on any atom is 0.165 e. The zero-order valence-electron chi connectivity index (χ0n) is 13.0. The van der Waals surface area contributed by atoms with Crippen LogP contribution < -0.4 is 0 Å². The van der Waals surface area contributed by atoms with E-state index in [1.54, 1.807) is 0 Å². The number of carbonyl (C=O) groups excluding carboxylic acids is 1. The minimum absolute atomic E-state index is 0.111. The Bertz CT molecular complexity index is 543. The van der Waals surface area contributed by atoms with E-state index in [0.717, 1.165) is 12.0 Å². The molecule has 0 amide bonds. The molecule has 2 aliphatic carbocycles. The van der Waals surface area contributed by atoms with Gasteiger partial charge in [-0.2, -0.15) is 11.8 Å². The molecule has 0 aliphatic heterocycles. The van der Waals surface area contributed by atoms with E-state index in [2.05, 4.69) is 37.7 Å². The van der Waals surface area contributed by atoms with Gasteiger partial charge in [-0.3, -0.25) is 4.79 Å². The summed E-state index contributed by atoms with van der Waals surface area (Å²) in [6, 6.07) is 2.73. The topological polar surface area (TPSA) is 22.0 Å². The number of aromatic nitrogens is 1. The number of rotatable bonds is 2. The average molecular weight is 291 g/mol. The van der Waals surface area contributed by atoms with Crippen LogP contribution in [-0.4, -0.2) is 21.9 Å². The Morgan fingerprint density at radius 2 is 2.05 bits per heavy atom. The second-order valence-corrected chi connectivity index (χ2v) is 8.31. The zero-order chi connectivity index (χ0) is 14.5. The van der Waals surface area contributed by atoms with Crippen molar-refractivity contribution in [3.05, 3.63) is 23.0 Å². The van der Waals surface area contributed by atoms with Crippen LogP contribution in [0.4, 0.5) is 0 Å². The molecule has 0 saturated heterocycles. The van der Waals surface area contributed by atoms with Crippen LogP contribution in [0, 0.1) is 12.3 Å². The van der Waals surface area contributed by atoms with Gasteiger partial charge in [-0.25, -0.2) is 0 Å². The predicted molar refractivity (Wildman–Crippen MR) is 85.8 cm³/mol. The summed E-state index contributed by atoms with van der Waals surface area (Å²) < 4.78 is 2.52. The molecule has 2 unspecified atom stereocenters. The van der Waals surface area contributed by atoms with Gasteiger partial charge in [0.25, 0.3) is 0 Å². The van der Waals surface area contributed by atoms with E-state index in [1.165, 1.54) is 30.7 Å². The number of Topliss-reactive ketones (excluding diaryl/α,β-unsaturated/α-hetero) is 1. The first-order chi connectivity index (χ1) is 9.43. The Balaban J connectivity index is 2.07. The predicted octanol–water partition coefficient (Wildman–Crippen LogP) is 4.41. The fourth-order valence-corrected chi connectivity index (χ4v) is 5.08. The van der Waals surface area contributed by atoms with E-state index in [-0.39, 0.29) is 5.41 Å². The van der Waals surface area contributed by atoms with Gasteiger partial charge in [0.2, 0.25) is 0 Å². The third-order valence-electron chi connectivity index (χ3n) is 4.97. The van der Waals surface area contributed by atoms with Crippen molar-refractivity contribution in [1.29, 1.82) is 0 Å². The molecule has 1 aromatic heterocycles. The van der Waals surface area contributed by atoms with Crippen molar-refractivity contribution >= 4 is 17.5 Å². The average Bonchev–Trinajstić information content (AvgIpc) is 2.91. The Hall–Kier alpha value is -0.700. The van der Waals surface area contributed by atoms with Crippen LogP contribution in [0.1, 0.15) is 67.3 Å². The van der Waals surface area contributed by atoms with Gasteiger partial charge in [-0.05, 0) is 43.9 Å². The van der Waals surface area contributed by atoms with Crippen molar-refractivity contribution in [1.82, 2.24) is 4.57 Å². The summed E-state index contributed by atoms with van der Waals surface area (Å²) >= 11 is 1.99. The number of ketones is 1. The minimum atomic E-state index is 0.111. The first-order valence-electron chi connectivity index (χ1n) is 7.69. The standard InChI is InChI=1S/C17H25NOS/c1-11-8-12-14(9-17(2,3)10-15(12)19)18(11)13-6-5-7-16(13)20-4/h8,13,16H,5-7,9-10H2,1-4H3. The normalized spacial score (nSPS) is 28.7. The van der Waals surface area contributed by atoms with Crippen molar-refractivity contribution in [2.45, 2.75) is 64.2 Å². The summed E-state index contributed by atoms with van der Waals surface area (Å²) in [6.45, 7) is 6.62. The number of aryl methyl sites for hydroxylation is 1. The smallest absolute Gasteiger partial charge is 0.165 e. The van der Waals surface area contributed by atoms with Crippen molar-refractivity contribution < 1.29 is 4.79 Å². The van der Waals surface area contributed by atoms with Crippen LogP contribution in [0.25, 0.3) is 0 Å². The molecule has 0 aromatic carbocycles. The first-order valence-corrected chi connectivity index (χ1v) is 8.98. The molecule has 1 aromatic rings. The molecule has 20 heavy (non-hydrogen) atoms. The van der Waals surface area contributed by atoms with E-state index in [0.29, 0.717) is 23.5 Å². The van der Waals surface area contributed by atoms with Crippen LogP contribution in [0.5, 0.6) is 0 Å². The van der Waals surface area contributed by atoms with Crippen molar-refractivity contribution in [3.8, 4) is 0 Å². The van der Waals surface area contributed by atoms with Gasteiger partial charge < -0.3 is 4.57 Å². The highest BCUT2D eigenvalue weighted by atomic mass is 32.2. The zero-order valence-corrected chi connectivity index (χ0v) is 13.8. The Labute approximate surface area is 126 Å². The molecule has 2 aliphatic rings. The molecule has 0 radical (unpaired) electrons. The lowest BCUT2D eigenvalue weighted by Gasteiger charge is -2.32. The molecule has 2 nitrogen and oxygen atoms in total. The fourth-order valence-electron chi connectivity index (χ4n) is 4.11. The summed E-state index contributed by atoms with van der Waals surface area (Å²) in [5.41, 5.74) is 3.72. The quantitative estimate of drug-likeness (QED) is 0.805. The summed E-state index contributed by atoms with van der Waals surface area (Å²) in [4.78, 5) is 12.4. The van der Waals surface area contributed by atoms with E-state index in [1.807, 2.05) is 11.8 Å². The molecule has 0 N–H and O–H groups in total. The van der Waals surface area contributed by atoms with Crippen LogP contribution in [0.15, 0.2) is 6.07 Å². The number of thioether (sulfide) groups is 1. The number of nitrogens with zero attached hydrogens (tertiary/aromatic N) is 1. The van der Waals surface area contributed by atoms with Gasteiger partial charge in [0.05, 0.1) is 0 Å². The van der Waals surface area contributed by atoms with Gasteiger partial charge in [-0.1, -0.05) is 20.3 Å². The molecular weight excluding hydrogens is 266 g/mol. The van der Waals surface area contributed by atoms with Gasteiger partial charge >= 0.3 is 0 Å². The molecule has 1 fully saturated rings. The lowest BCUT2D eigenvalue weighted by atomic mass is 9.76. The van der Waals surface area contributed by atoms with Crippen molar-refractivity contribution in [2.75, 3.05) is 6.26 Å². The number of hydrogen-bond donors (Lipinski definition) is 0. The fraction of sp³-hybridized carbons (Fsp3) is 0.706. The third-order valence-corrected chi connectivity index (χ3v) is 6.13. The first kappa shape index (κ1) is 14.2. The van der Waals surface area contributed by atoms with E-state index in [9.17, 15) is 4.79 Å². The summed E-state index contributed by atoms with van der Waals surface area (Å²) in [6.07, 6.45) is 7.86. The Morgan fingerprint density at radius 1 is 1.30 bits per heavy atom. The van der Waals surface area contributed by atoms with Gasteiger partial charge in [0.15, 0.2) is 5.78 Å². The van der Waals surface area contributed by atoms with Crippen molar-refractivity contribution in [3.63, 3.8) is 0 Å². The minimum Gasteiger partial charge on any atom is -0.344 e. The summed E-state index contributed by atoms with van der Waals surface area (Å²) in [7, 11) is 0.